The number of hydrogen-bond acceptors (Lipinski definition) is 3. The third-order valence-electron chi connectivity index (χ3n) is 4.56. The van der Waals surface area contributed by atoms with Gasteiger partial charge in [-0.2, -0.15) is 0 Å². The van der Waals surface area contributed by atoms with Gasteiger partial charge in [0, 0.05) is 29.6 Å². The van der Waals surface area contributed by atoms with Crippen LogP contribution < -0.4 is 4.90 Å². The molecule has 1 aromatic carbocycles. The molecule has 3 rings (SSSR count). The molecule has 0 N–H and O–H groups in total. The van der Waals surface area contributed by atoms with E-state index in [1.54, 1.807) is 11.3 Å². The first-order valence-corrected chi connectivity index (χ1v) is 9.10. The number of carbonyl (C=O) groups is 1. The minimum Gasteiger partial charge on any atom is -0.311 e. The van der Waals surface area contributed by atoms with E-state index < -0.39 is 0 Å². The summed E-state index contributed by atoms with van der Waals surface area (Å²) in [6.07, 6.45) is 3.55. The van der Waals surface area contributed by atoms with Gasteiger partial charge in [0.2, 0.25) is 5.91 Å². The van der Waals surface area contributed by atoms with E-state index in [-0.39, 0.29) is 5.91 Å². The maximum atomic E-state index is 12.8. The first-order chi connectivity index (χ1) is 11.1. The number of likely N-dealkylation sites (N-methyl/N-ethyl adjacent to an activating group) is 1. The molecule has 0 saturated carbocycles. The van der Waals surface area contributed by atoms with Crippen molar-refractivity contribution in [3.8, 4) is 0 Å². The van der Waals surface area contributed by atoms with Crippen LogP contribution in [-0.2, 0) is 17.6 Å². The molecule has 0 fully saturated rings. The van der Waals surface area contributed by atoms with Crippen LogP contribution in [0.5, 0.6) is 0 Å². The zero-order chi connectivity index (χ0) is 16.2. The summed E-state index contributed by atoms with van der Waals surface area (Å²) in [5.74, 6) is 0.251. The van der Waals surface area contributed by atoms with Crippen LogP contribution in [0.4, 0.5) is 5.69 Å². The number of rotatable bonds is 5. The standard InChI is InChI=1S/C19H24N2OS/c1-20(2)16-13-15-7-3-4-10-18(15)21(14-16)19(22)11-5-8-17-9-6-12-23-17/h3-4,6-7,9-10,12,16H,5,8,11,13-14H2,1-2H3. The fourth-order valence-electron chi connectivity index (χ4n) is 3.16. The van der Waals surface area contributed by atoms with E-state index in [1.165, 1.54) is 10.4 Å². The molecular weight excluding hydrogens is 304 g/mol. The molecule has 0 spiro atoms. The number of benzene rings is 1. The van der Waals surface area contributed by atoms with Gasteiger partial charge in [-0.3, -0.25) is 4.79 Å². The van der Waals surface area contributed by atoms with E-state index in [0.29, 0.717) is 12.5 Å². The van der Waals surface area contributed by atoms with Gasteiger partial charge in [0.05, 0.1) is 0 Å². The summed E-state index contributed by atoms with van der Waals surface area (Å²) < 4.78 is 0. The molecule has 1 unspecified atom stereocenters. The van der Waals surface area contributed by atoms with Crippen molar-refractivity contribution in [2.24, 2.45) is 0 Å². The van der Waals surface area contributed by atoms with E-state index >= 15 is 0 Å². The van der Waals surface area contributed by atoms with Crippen molar-refractivity contribution in [2.75, 3.05) is 25.5 Å². The zero-order valence-corrected chi connectivity index (χ0v) is 14.7. The molecule has 3 nitrogen and oxygen atoms in total. The average Bonchev–Trinajstić information content (AvgIpc) is 3.07. The number of amides is 1. The summed E-state index contributed by atoms with van der Waals surface area (Å²) in [5.41, 5.74) is 2.38. The molecule has 1 aliphatic heterocycles. The Kier molecular flexibility index (Phi) is 5.13. The Morgan fingerprint density at radius 3 is 2.83 bits per heavy atom. The summed E-state index contributed by atoms with van der Waals surface area (Å²) in [7, 11) is 4.19. The third kappa shape index (κ3) is 3.82. The molecule has 23 heavy (non-hydrogen) atoms. The Morgan fingerprint density at radius 1 is 1.26 bits per heavy atom. The lowest BCUT2D eigenvalue weighted by molar-refractivity contribution is -0.119. The second kappa shape index (κ2) is 7.28. The highest BCUT2D eigenvalue weighted by molar-refractivity contribution is 7.09. The number of nitrogens with zero attached hydrogens (tertiary/aromatic N) is 2. The van der Waals surface area contributed by atoms with Crippen molar-refractivity contribution < 1.29 is 4.79 Å². The van der Waals surface area contributed by atoms with E-state index in [4.69, 9.17) is 0 Å². The van der Waals surface area contributed by atoms with Gasteiger partial charge >= 0.3 is 0 Å². The van der Waals surface area contributed by atoms with Crippen LogP contribution in [0.1, 0.15) is 23.3 Å². The minimum absolute atomic E-state index is 0.251. The number of aryl methyl sites for hydroxylation is 1. The molecule has 0 saturated heterocycles. The predicted molar refractivity (Wildman–Crippen MR) is 97.2 cm³/mol. The molecule has 0 radical (unpaired) electrons. The smallest absolute Gasteiger partial charge is 0.227 e. The SMILES string of the molecule is CN(C)C1Cc2ccccc2N(C(=O)CCCc2cccs2)C1. The van der Waals surface area contributed by atoms with E-state index in [2.05, 4.69) is 54.7 Å². The predicted octanol–water partition coefficient (Wildman–Crippen LogP) is 3.59. The van der Waals surface area contributed by atoms with Crippen LogP contribution in [0.15, 0.2) is 41.8 Å². The van der Waals surface area contributed by atoms with Crippen LogP contribution in [0, 0.1) is 0 Å². The third-order valence-corrected chi connectivity index (χ3v) is 5.49. The molecule has 122 valence electrons. The van der Waals surface area contributed by atoms with Gasteiger partial charge in [-0.25, -0.2) is 0 Å². The van der Waals surface area contributed by atoms with Crippen molar-refractivity contribution in [3.05, 3.63) is 52.2 Å². The van der Waals surface area contributed by atoms with Gasteiger partial charge in [0.1, 0.15) is 0 Å². The molecule has 1 atom stereocenters. The van der Waals surface area contributed by atoms with E-state index in [9.17, 15) is 4.79 Å². The van der Waals surface area contributed by atoms with Gasteiger partial charge in [-0.15, -0.1) is 11.3 Å². The fourth-order valence-corrected chi connectivity index (χ4v) is 3.91. The normalized spacial score (nSPS) is 17.3. The van der Waals surface area contributed by atoms with E-state index in [1.807, 2.05) is 11.0 Å². The van der Waals surface area contributed by atoms with Crippen molar-refractivity contribution in [1.82, 2.24) is 4.90 Å². The van der Waals surface area contributed by atoms with Crippen molar-refractivity contribution >= 4 is 22.9 Å². The first kappa shape index (κ1) is 16.2. The number of para-hydroxylation sites is 1. The summed E-state index contributed by atoms with van der Waals surface area (Å²) in [4.78, 5) is 18.4. The summed E-state index contributed by atoms with van der Waals surface area (Å²) in [5, 5.41) is 2.10. The number of anilines is 1. The molecule has 0 aliphatic carbocycles. The highest BCUT2D eigenvalue weighted by atomic mass is 32.1. The molecule has 1 aromatic heterocycles. The Labute approximate surface area is 142 Å². The lowest BCUT2D eigenvalue weighted by Crippen LogP contribution is -2.48. The molecule has 0 bridgehead atoms. The minimum atomic E-state index is 0.251. The summed E-state index contributed by atoms with van der Waals surface area (Å²) in [6, 6.07) is 12.9. The fraction of sp³-hybridized carbons (Fsp3) is 0.421. The van der Waals surface area contributed by atoms with Crippen LogP contribution in [0.2, 0.25) is 0 Å². The lowest BCUT2D eigenvalue weighted by Gasteiger charge is -2.37. The number of hydrogen-bond donors (Lipinski definition) is 0. The Balaban J connectivity index is 1.68. The second-order valence-electron chi connectivity index (χ2n) is 6.39. The van der Waals surface area contributed by atoms with Gasteiger partial charge in [-0.1, -0.05) is 24.3 Å². The van der Waals surface area contributed by atoms with Crippen molar-refractivity contribution in [2.45, 2.75) is 31.7 Å². The maximum absolute atomic E-state index is 12.8. The monoisotopic (exact) mass is 328 g/mol. The number of fused-ring (bicyclic) bond motifs is 1. The molecular formula is C19H24N2OS. The van der Waals surface area contributed by atoms with Crippen LogP contribution in [-0.4, -0.2) is 37.5 Å². The Morgan fingerprint density at radius 2 is 2.09 bits per heavy atom. The summed E-state index contributed by atoms with van der Waals surface area (Å²) >= 11 is 1.77. The first-order valence-electron chi connectivity index (χ1n) is 8.22. The summed E-state index contributed by atoms with van der Waals surface area (Å²) in [6.45, 7) is 0.794. The molecule has 2 heterocycles. The topological polar surface area (TPSA) is 23.6 Å². The van der Waals surface area contributed by atoms with Crippen molar-refractivity contribution in [3.63, 3.8) is 0 Å². The van der Waals surface area contributed by atoms with E-state index in [0.717, 1.165) is 31.5 Å². The second-order valence-corrected chi connectivity index (χ2v) is 7.42. The Bertz CT molecular complexity index is 651. The maximum Gasteiger partial charge on any atom is 0.227 e. The van der Waals surface area contributed by atoms with Gasteiger partial charge in [0.15, 0.2) is 0 Å². The van der Waals surface area contributed by atoms with Crippen LogP contribution in [0.3, 0.4) is 0 Å². The highest BCUT2D eigenvalue weighted by Gasteiger charge is 2.28. The largest absolute Gasteiger partial charge is 0.311 e. The Hall–Kier alpha value is -1.65. The lowest BCUT2D eigenvalue weighted by atomic mass is 9.96. The highest BCUT2D eigenvalue weighted by Crippen LogP contribution is 2.29. The zero-order valence-electron chi connectivity index (χ0n) is 13.9. The quantitative estimate of drug-likeness (QED) is 0.837. The number of thiophene rings is 1. The molecule has 4 heteroatoms. The molecule has 1 amide bonds. The van der Waals surface area contributed by atoms with Gasteiger partial charge in [0.25, 0.3) is 0 Å². The molecule has 2 aromatic rings. The van der Waals surface area contributed by atoms with Gasteiger partial charge in [-0.05, 0) is 56.4 Å². The van der Waals surface area contributed by atoms with Crippen LogP contribution in [0.25, 0.3) is 0 Å². The molecule has 1 aliphatic rings. The van der Waals surface area contributed by atoms with Crippen LogP contribution >= 0.6 is 11.3 Å². The van der Waals surface area contributed by atoms with Gasteiger partial charge < -0.3 is 9.80 Å². The van der Waals surface area contributed by atoms with Crippen molar-refractivity contribution in [1.29, 1.82) is 0 Å². The average molecular weight is 328 g/mol. The number of carbonyl (C=O) groups excluding carboxylic acids is 1.